The summed E-state index contributed by atoms with van der Waals surface area (Å²) < 4.78 is 0. The van der Waals surface area contributed by atoms with E-state index in [2.05, 4.69) is 31.8 Å². The first-order valence-electron chi connectivity index (χ1n) is 5.03. The Bertz CT molecular complexity index is 184. The van der Waals surface area contributed by atoms with E-state index in [-0.39, 0.29) is 5.91 Å². The van der Waals surface area contributed by atoms with Gasteiger partial charge in [0.1, 0.15) is 0 Å². The first-order valence-corrected chi connectivity index (χ1v) is 5.67. The predicted molar refractivity (Wildman–Crippen MR) is 58.0 cm³/mol. The summed E-state index contributed by atoms with van der Waals surface area (Å²) in [6, 6.07) is 0.385. The summed E-state index contributed by atoms with van der Waals surface area (Å²) >= 11 is 3.95. The summed E-state index contributed by atoms with van der Waals surface area (Å²) in [5.74, 6) is 1.81. The van der Waals surface area contributed by atoms with E-state index < -0.39 is 0 Å². The topological polar surface area (TPSA) is 29.1 Å². The molecule has 0 spiro atoms. The summed E-state index contributed by atoms with van der Waals surface area (Å²) in [5, 5.41) is 3.02. The van der Waals surface area contributed by atoms with Crippen molar-refractivity contribution in [3.63, 3.8) is 0 Å². The second-order valence-corrected chi connectivity index (χ2v) is 4.54. The van der Waals surface area contributed by atoms with E-state index in [0.29, 0.717) is 17.7 Å². The number of thiol groups is 1. The fourth-order valence-corrected chi connectivity index (χ4v) is 2.22. The second kappa shape index (κ2) is 4.89. The first-order chi connectivity index (χ1) is 6.13. The molecule has 1 fully saturated rings. The maximum Gasteiger partial charge on any atom is 0.229 e. The van der Waals surface area contributed by atoms with Gasteiger partial charge in [-0.15, -0.1) is 0 Å². The van der Waals surface area contributed by atoms with Gasteiger partial charge < -0.3 is 5.32 Å². The molecule has 3 heteroatoms. The Kier molecular flexibility index (Phi) is 4.10. The Morgan fingerprint density at radius 2 is 2.15 bits per heavy atom. The lowest BCUT2D eigenvalue weighted by Crippen LogP contribution is -2.42. The van der Waals surface area contributed by atoms with Crippen LogP contribution in [0, 0.1) is 11.8 Å². The highest BCUT2D eigenvalue weighted by molar-refractivity contribution is 7.81. The van der Waals surface area contributed by atoms with Gasteiger partial charge in [-0.1, -0.05) is 13.8 Å². The molecule has 1 aliphatic carbocycles. The van der Waals surface area contributed by atoms with Crippen LogP contribution in [0.4, 0.5) is 0 Å². The van der Waals surface area contributed by atoms with E-state index in [4.69, 9.17) is 0 Å². The molecule has 3 atom stereocenters. The summed E-state index contributed by atoms with van der Waals surface area (Å²) in [4.78, 5) is 11.1. The third-order valence-electron chi connectivity index (χ3n) is 2.92. The first kappa shape index (κ1) is 10.9. The molecule has 1 saturated carbocycles. The molecule has 0 aliphatic heterocycles. The molecule has 1 aliphatic rings. The molecular weight excluding hydrogens is 182 g/mol. The molecule has 0 heterocycles. The molecule has 0 aromatic carbocycles. The van der Waals surface area contributed by atoms with Crippen LogP contribution in [0.15, 0.2) is 0 Å². The molecule has 0 aromatic heterocycles. The minimum Gasteiger partial charge on any atom is -0.352 e. The van der Waals surface area contributed by atoms with Crippen molar-refractivity contribution >= 4 is 18.5 Å². The zero-order valence-electron chi connectivity index (χ0n) is 8.42. The molecule has 2 nitrogen and oxygen atoms in total. The average molecular weight is 201 g/mol. The number of amides is 1. The minimum atomic E-state index is 0.0646. The number of rotatable bonds is 2. The zero-order chi connectivity index (χ0) is 9.84. The van der Waals surface area contributed by atoms with Gasteiger partial charge in [0.25, 0.3) is 0 Å². The third kappa shape index (κ3) is 3.22. The van der Waals surface area contributed by atoms with Crippen LogP contribution in [-0.4, -0.2) is 17.7 Å². The second-order valence-electron chi connectivity index (χ2n) is 4.23. The van der Waals surface area contributed by atoms with Crippen molar-refractivity contribution in [3.05, 3.63) is 0 Å². The smallest absolute Gasteiger partial charge is 0.229 e. The Balaban J connectivity index is 2.38. The Morgan fingerprint density at radius 3 is 2.69 bits per heavy atom. The van der Waals surface area contributed by atoms with Crippen molar-refractivity contribution in [1.82, 2.24) is 5.32 Å². The Morgan fingerprint density at radius 1 is 1.46 bits per heavy atom. The van der Waals surface area contributed by atoms with Gasteiger partial charge in [0, 0.05) is 6.04 Å². The molecule has 1 N–H and O–H groups in total. The normalized spacial score (nSPS) is 34.2. The summed E-state index contributed by atoms with van der Waals surface area (Å²) in [6.45, 7) is 4.51. The molecule has 13 heavy (non-hydrogen) atoms. The Hall–Kier alpha value is -0.180. The van der Waals surface area contributed by atoms with Crippen LogP contribution in [0.25, 0.3) is 0 Å². The van der Waals surface area contributed by atoms with Gasteiger partial charge in [-0.25, -0.2) is 0 Å². The summed E-state index contributed by atoms with van der Waals surface area (Å²) in [7, 11) is 0. The standard InChI is InChI=1S/C10H19NOS/c1-7-3-4-9(8(2)5-7)11-10(12)6-13/h7-9,13H,3-6H2,1-2H3,(H,11,12). The zero-order valence-corrected chi connectivity index (χ0v) is 9.31. The van der Waals surface area contributed by atoms with Gasteiger partial charge in [-0.3, -0.25) is 4.79 Å². The fourth-order valence-electron chi connectivity index (χ4n) is 2.13. The van der Waals surface area contributed by atoms with Gasteiger partial charge in [-0.05, 0) is 31.1 Å². The number of carbonyl (C=O) groups excluding carboxylic acids is 1. The van der Waals surface area contributed by atoms with Crippen LogP contribution >= 0.6 is 12.6 Å². The van der Waals surface area contributed by atoms with Crippen LogP contribution in [0.3, 0.4) is 0 Å². The van der Waals surface area contributed by atoms with Gasteiger partial charge in [-0.2, -0.15) is 12.6 Å². The fraction of sp³-hybridized carbons (Fsp3) is 0.900. The minimum absolute atomic E-state index is 0.0646. The third-order valence-corrected chi connectivity index (χ3v) is 3.21. The monoisotopic (exact) mass is 201 g/mol. The highest BCUT2D eigenvalue weighted by Gasteiger charge is 2.25. The molecule has 0 saturated heterocycles. The molecular formula is C10H19NOS. The number of carbonyl (C=O) groups is 1. The van der Waals surface area contributed by atoms with E-state index >= 15 is 0 Å². The van der Waals surface area contributed by atoms with E-state index in [1.165, 1.54) is 12.8 Å². The lowest BCUT2D eigenvalue weighted by atomic mass is 9.80. The molecule has 76 valence electrons. The summed E-state index contributed by atoms with van der Waals surface area (Å²) in [6.07, 6.45) is 3.60. The van der Waals surface area contributed by atoms with Gasteiger partial charge in [0.2, 0.25) is 5.91 Å². The highest BCUT2D eigenvalue weighted by atomic mass is 32.1. The molecule has 0 bridgehead atoms. The molecule has 0 aromatic rings. The van der Waals surface area contributed by atoms with E-state index in [1.54, 1.807) is 0 Å². The molecule has 1 amide bonds. The van der Waals surface area contributed by atoms with Crippen molar-refractivity contribution in [2.75, 3.05) is 5.75 Å². The van der Waals surface area contributed by atoms with E-state index in [0.717, 1.165) is 12.3 Å². The number of hydrogen-bond donors (Lipinski definition) is 2. The van der Waals surface area contributed by atoms with E-state index in [1.807, 2.05) is 0 Å². The van der Waals surface area contributed by atoms with Gasteiger partial charge in [0.15, 0.2) is 0 Å². The largest absolute Gasteiger partial charge is 0.352 e. The van der Waals surface area contributed by atoms with E-state index in [9.17, 15) is 4.79 Å². The van der Waals surface area contributed by atoms with Crippen molar-refractivity contribution in [2.24, 2.45) is 11.8 Å². The van der Waals surface area contributed by atoms with Gasteiger partial charge in [0.05, 0.1) is 5.75 Å². The van der Waals surface area contributed by atoms with Crippen LogP contribution in [0.2, 0.25) is 0 Å². The number of nitrogens with one attached hydrogen (secondary N) is 1. The lowest BCUT2D eigenvalue weighted by Gasteiger charge is -2.33. The van der Waals surface area contributed by atoms with Crippen molar-refractivity contribution in [2.45, 2.75) is 39.2 Å². The predicted octanol–water partition coefficient (Wildman–Crippen LogP) is 1.86. The van der Waals surface area contributed by atoms with Crippen molar-refractivity contribution in [1.29, 1.82) is 0 Å². The summed E-state index contributed by atoms with van der Waals surface area (Å²) in [5.41, 5.74) is 0. The molecule has 3 unspecified atom stereocenters. The van der Waals surface area contributed by atoms with Crippen molar-refractivity contribution in [3.8, 4) is 0 Å². The maximum absolute atomic E-state index is 11.1. The highest BCUT2D eigenvalue weighted by Crippen LogP contribution is 2.28. The quantitative estimate of drug-likeness (QED) is 0.656. The molecule has 0 radical (unpaired) electrons. The van der Waals surface area contributed by atoms with Crippen LogP contribution < -0.4 is 5.32 Å². The maximum atomic E-state index is 11.1. The molecule has 1 rings (SSSR count). The Labute approximate surface area is 85.9 Å². The lowest BCUT2D eigenvalue weighted by molar-refractivity contribution is -0.119. The van der Waals surface area contributed by atoms with Crippen LogP contribution in [0.5, 0.6) is 0 Å². The van der Waals surface area contributed by atoms with Gasteiger partial charge >= 0.3 is 0 Å². The van der Waals surface area contributed by atoms with Crippen molar-refractivity contribution < 1.29 is 4.79 Å². The number of hydrogen-bond acceptors (Lipinski definition) is 2. The van der Waals surface area contributed by atoms with Crippen LogP contribution in [-0.2, 0) is 4.79 Å². The van der Waals surface area contributed by atoms with Crippen LogP contribution in [0.1, 0.15) is 33.1 Å². The average Bonchev–Trinajstić information content (AvgIpc) is 2.09. The SMILES string of the molecule is CC1CCC(NC(=O)CS)C(C)C1.